The number of rotatable bonds is 1. The second-order valence-electron chi connectivity index (χ2n) is 2.86. The Hall–Kier alpha value is -2.53. The number of hydrogen-bond donors (Lipinski definition) is 2. The number of nitrogen functional groups attached to an aromatic ring is 1. The van der Waals surface area contributed by atoms with Crippen LogP contribution in [-0.2, 0) is 0 Å². The second kappa shape index (κ2) is 4.81. The van der Waals surface area contributed by atoms with Gasteiger partial charge in [0.15, 0.2) is 0 Å². The smallest absolute Gasteiger partial charge is 0.337 e. The summed E-state index contributed by atoms with van der Waals surface area (Å²) < 4.78 is 13.3. The molecule has 4 nitrogen and oxygen atoms in total. The van der Waals surface area contributed by atoms with Crippen LogP contribution in [-0.4, -0.2) is 11.1 Å². The molecule has 0 amide bonds. The highest BCUT2D eigenvalue weighted by Crippen LogP contribution is 2.17. The van der Waals surface area contributed by atoms with Crippen molar-refractivity contribution in [3.63, 3.8) is 0 Å². The molecule has 0 aliphatic heterocycles. The van der Waals surface area contributed by atoms with Gasteiger partial charge < -0.3 is 10.8 Å². The van der Waals surface area contributed by atoms with Gasteiger partial charge in [-0.2, -0.15) is 5.26 Å². The van der Waals surface area contributed by atoms with Crippen LogP contribution in [0.2, 0.25) is 0 Å². The Morgan fingerprint density at radius 3 is 2.81 bits per heavy atom. The predicted molar refractivity (Wildman–Crippen MR) is 54.9 cm³/mol. The number of carboxylic acids is 1. The number of hydrogen-bond acceptors (Lipinski definition) is 3. The number of aromatic carboxylic acids is 1. The molecule has 0 fully saturated rings. The predicted octanol–water partition coefficient (Wildman–Crippen LogP) is 1.37. The zero-order valence-electron chi connectivity index (χ0n) is 8.12. The van der Waals surface area contributed by atoms with Crippen LogP contribution in [0.15, 0.2) is 12.1 Å². The van der Waals surface area contributed by atoms with Crippen LogP contribution >= 0.6 is 0 Å². The lowest BCUT2D eigenvalue weighted by Gasteiger charge is -2.02. The highest BCUT2D eigenvalue weighted by atomic mass is 19.1. The van der Waals surface area contributed by atoms with E-state index in [0.29, 0.717) is 0 Å². The first kappa shape index (κ1) is 11.5. The average molecular weight is 218 g/mol. The van der Waals surface area contributed by atoms with Crippen molar-refractivity contribution in [2.75, 3.05) is 5.73 Å². The molecule has 0 aliphatic rings. The number of nitrogens with zero attached hydrogens (tertiary/aromatic N) is 1. The number of nitriles is 1. The maximum atomic E-state index is 13.3. The zero-order chi connectivity index (χ0) is 12.1. The van der Waals surface area contributed by atoms with Crippen LogP contribution in [0.3, 0.4) is 0 Å². The van der Waals surface area contributed by atoms with Gasteiger partial charge in [0.2, 0.25) is 0 Å². The topological polar surface area (TPSA) is 87.1 Å². The summed E-state index contributed by atoms with van der Waals surface area (Å²) in [5.74, 6) is 2.81. The summed E-state index contributed by atoms with van der Waals surface area (Å²) in [5, 5.41) is 17.0. The van der Waals surface area contributed by atoms with Gasteiger partial charge in [0.05, 0.1) is 23.6 Å². The van der Waals surface area contributed by atoms with Crippen molar-refractivity contribution < 1.29 is 14.3 Å². The zero-order valence-corrected chi connectivity index (χ0v) is 8.12. The third-order valence-electron chi connectivity index (χ3n) is 1.76. The molecule has 0 unspecified atom stereocenters. The lowest BCUT2D eigenvalue weighted by molar-refractivity contribution is 0.0698. The largest absolute Gasteiger partial charge is 0.478 e. The van der Waals surface area contributed by atoms with Crippen LogP contribution in [0.25, 0.3) is 0 Å². The number of benzene rings is 1. The Morgan fingerprint density at radius 2 is 2.25 bits per heavy atom. The van der Waals surface area contributed by atoms with Crippen molar-refractivity contribution in [1.29, 1.82) is 5.26 Å². The molecule has 80 valence electrons. The summed E-state index contributed by atoms with van der Waals surface area (Å²) in [6.45, 7) is 0. The summed E-state index contributed by atoms with van der Waals surface area (Å²) in [4.78, 5) is 10.7. The maximum absolute atomic E-state index is 13.3. The van der Waals surface area contributed by atoms with E-state index in [1.165, 1.54) is 0 Å². The first-order valence-electron chi connectivity index (χ1n) is 4.24. The number of anilines is 1. The molecule has 0 heterocycles. The summed E-state index contributed by atoms with van der Waals surface area (Å²) in [5.41, 5.74) is 4.88. The maximum Gasteiger partial charge on any atom is 0.337 e. The minimum absolute atomic E-state index is 0.0494. The van der Waals surface area contributed by atoms with Gasteiger partial charge >= 0.3 is 5.97 Å². The summed E-state index contributed by atoms with van der Waals surface area (Å²) in [6.07, 6.45) is -0.0494. The Labute approximate surface area is 91.1 Å². The first-order valence-corrected chi connectivity index (χ1v) is 4.24. The fourth-order valence-electron chi connectivity index (χ4n) is 1.05. The van der Waals surface area contributed by atoms with E-state index in [9.17, 15) is 9.18 Å². The molecule has 0 saturated carbocycles. The summed E-state index contributed by atoms with van der Waals surface area (Å²) in [6, 6.07) is 3.72. The van der Waals surface area contributed by atoms with Gasteiger partial charge in [-0.1, -0.05) is 11.8 Å². The molecule has 0 aromatic heterocycles. The van der Waals surface area contributed by atoms with Crippen LogP contribution in [0.1, 0.15) is 22.3 Å². The fourth-order valence-corrected chi connectivity index (χ4v) is 1.05. The third-order valence-corrected chi connectivity index (χ3v) is 1.76. The molecular weight excluding hydrogens is 211 g/mol. The van der Waals surface area contributed by atoms with Gasteiger partial charge in [0.25, 0.3) is 0 Å². The minimum atomic E-state index is -1.25. The highest BCUT2D eigenvalue weighted by molar-refractivity contribution is 5.94. The lowest BCUT2D eigenvalue weighted by atomic mass is 10.1. The monoisotopic (exact) mass is 218 g/mol. The first-order chi connectivity index (χ1) is 7.56. The van der Waals surface area contributed by atoms with Gasteiger partial charge in [-0.15, -0.1) is 0 Å². The molecule has 0 spiro atoms. The number of carboxylic acid groups (broad SMARTS) is 1. The van der Waals surface area contributed by atoms with Gasteiger partial charge in [-0.05, 0) is 12.1 Å². The van der Waals surface area contributed by atoms with E-state index >= 15 is 0 Å². The van der Waals surface area contributed by atoms with E-state index in [0.717, 1.165) is 12.1 Å². The normalized spacial score (nSPS) is 8.75. The Kier molecular flexibility index (Phi) is 3.47. The van der Waals surface area contributed by atoms with Crippen LogP contribution in [0.4, 0.5) is 10.1 Å². The second-order valence-corrected chi connectivity index (χ2v) is 2.86. The standard InChI is InChI=1S/C11H7FN2O2/c12-9-6-10(14)8(11(15)16)5-7(9)3-1-2-4-13/h5-6H,2,14H2,(H,15,16). The van der Waals surface area contributed by atoms with Crippen LogP contribution in [0.5, 0.6) is 0 Å². The Balaban J connectivity index is 3.22. The van der Waals surface area contributed by atoms with E-state index in [1.54, 1.807) is 6.07 Å². The molecular formula is C11H7FN2O2. The van der Waals surface area contributed by atoms with Crippen molar-refractivity contribution >= 4 is 11.7 Å². The molecule has 0 radical (unpaired) electrons. The molecule has 3 N–H and O–H groups in total. The molecule has 0 saturated heterocycles. The molecule has 1 aromatic rings. The van der Waals surface area contributed by atoms with Crippen LogP contribution < -0.4 is 5.73 Å². The SMILES string of the molecule is N#CCC#Cc1cc(C(=O)O)c(N)cc1F. The van der Waals surface area contributed by atoms with Gasteiger partial charge in [0.1, 0.15) is 5.82 Å². The molecule has 0 atom stereocenters. The van der Waals surface area contributed by atoms with Gasteiger partial charge in [0, 0.05) is 5.69 Å². The fraction of sp³-hybridized carbons (Fsp3) is 0.0909. The van der Waals surface area contributed by atoms with E-state index in [2.05, 4.69) is 11.8 Å². The number of carbonyl (C=O) groups is 1. The Bertz CT molecular complexity index is 535. The third kappa shape index (κ3) is 2.49. The number of nitrogens with two attached hydrogens (primary N) is 1. The molecule has 1 aromatic carbocycles. The lowest BCUT2D eigenvalue weighted by Crippen LogP contribution is -2.04. The molecule has 5 heteroatoms. The summed E-state index contributed by atoms with van der Waals surface area (Å²) >= 11 is 0. The molecule has 1 rings (SSSR count). The van der Waals surface area contributed by atoms with E-state index in [1.807, 2.05) is 0 Å². The minimum Gasteiger partial charge on any atom is -0.478 e. The van der Waals surface area contributed by atoms with Gasteiger partial charge in [-0.3, -0.25) is 0 Å². The van der Waals surface area contributed by atoms with Crippen molar-refractivity contribution in [3.05, 3.63) is 29.1 Å². The molecule has 16 heavy (non-hydrogen) atoms. The number of halogens is 1. The van der Waals surface area contributed by atoms with Crippen molar-refractivity contribution in [2.45, 2.75) is 6.42 Å². The molecule has 0 aliphatic carbocycles. The van der Waals surface area contributed by atoms with Crippen LogP contribution in [0, 0.1) is 29.0 Å². The summed E-state index contributed by atoms with van der Waals surface area (Å²) in [7, 11) is 0. The van der Waals surface area contributed by atoms with Gasteiger partial charge in [-0.25, -0.2) is 9.18 Å². The van der Waals surface area contributed by atoms with E-state index in [-0.39, 0.29) is 23.2 Å². The van der Waals surface area contributed by atoms with E-state index < -0.39 is 11.8 Å². The van der Waals surface area contributed by atoms with Crippen molar-refractivity contribution in [3.8, 4) is 17.9 Å². The Morgan fingerprint density at radius 1 is 1.56 bits per heavy atom. The molecule has 0 bridgehead atoms. The quantitative estimate of drug-likeness (QED) is 0.550. The average Bonchev–Trinajstić information content (AvgIpc) is 2.21. The van der Waals surface area contributed by atoms with Crippen molar-refractivity contribution in [1.82, 2.24) is 0 Å². The van der Waals surface area contributed by atoms with E-state index in [4.69, 9.17) is 16.1 Å². The van der Waals surface area contributed by atoms with Crippen molar-refractivity contribution in [2.24, 2.45) is 0 Å². The highest BCUT2D eigenvalue weighted by Gasteiger charge is 2.11.